The number of fused-ring (bicyclic) bond motifs is 1. The number of aliphatic hydroxyl groups excluding tert-OH is 1. The average Bonchev–Trinajstić information content (AvgIpc) is 2.79. The molecule has 0 spiro atoms. The van der Waals surface area contributed by atoms with Crippen LogP contribution in [0.4, 0.5) is 5.69 Å². The molecule has 1 heterocycles. The molecule has 0 bridgehead atoms. The van der Waals surface area contributed by atoms with Gasteiger partial charge in [0.2, 0.25) is 5.91 Å². The third kappa shape index (κ3) is 2.23. The molecular weight excluding hydrogens is 346 g/mol. The molecule has 1 aliphatic rings. The number of anilines is 1. The first-order valence-electron chi connectivity index (χ1n) is 6.64. The van der Waals surface area contributed by atoms with Crippen molar-refractivity contribution in [1.29, 1.82) is 0 Å². The second-order valence-corrected chi connectivity index (χ2v) is 5.82. The van der Waals surface area contributed by atoms with E-state index >= 15 is 0 Å². The van der Waals surface area contributed by atoms with E-state index in [-0.39, 0.29) is 17.2 Å². The van der Waals surface area contributed by atoms with E-state index in [0.717, 1.165) is 9.37 Å². The van der Waals surface area contributed by atoms with Gasteiger partial charge in [0.15, 0.2) is 0 Å². The summed E-state index contributed by atoms with van der Waals surface area (Å²) in [5.41, 5.74) is 1.72. The van der Waals surface area contributed by atoms with E-state index < -0.39 is 5.91 Å². The maximum Gasteiger partial charge on any atom is 0.269 e. The number of carbonyl (C=O) groups excluding carboxylic acids is 2. The molecule has 0 fully saturated rings. The molecule has 5 heteroatoms. The highest BCUT2D eigenvalue weighted by atomic mass is 79.9. The summed E-state index contributed by atoms with van der Waals surface area (Å²) < 4.78 is 0.873. The van der Waals surface area contributed by atoms with Gasteiger partial charge in [-0.2, -0.15) is 0 Å². The molecule has 0 unspecified atom stereocenters. The molecule has 0 saturated heterocycles. The fraction of sp³-hybridized carbons (Fsp3) is 0.0588. The number of hydrogen-bond donors (Lipinski definition) is 1. The zero-order chi connectivity index (χ0) is 15.9. The third-order valence-electron chi connectivity index (χ3n) is 3.50. The van der Waals surface area contributed by atoms with Gasteiger partial charge >= 0.3 is 0 Å². The number of nitrogens with zero attached hydrogens (tertiary/aromatic N) is 1. The van der Waals surface area contributed by atoms with E-state index in [1.165, 1.54) is 6.92 Å². The van der Waals surface area contributed by atoms with Crippen LogP contribution in [0.25, 0.3) is 11.3 Å². The van der Waals surface area contributed by atoms with Crippen LogP contribution in [0.3, 0.4) is 0 Å². The zero-order valence-corrected chi connectivity index (χ0v) is 13.3. The third-order valence-corrected chi connectivity index (χ3v) is 4.03. The fourth-order valence-corrected chi connectivity index (χ4v) is 2.77. The number of halogens is 1. The van der Waals surface area contributed by atoms with Crippen molar-refractivity contribution < 1.29 is 14.7 Å². The van der Waals surface area contributed by atoms with Gasteiger partial charge in [0, 0.05) is 22.5 Å². The van der Waals surface area contributed by atoms with Gasteiger partial charge in [-0.15, -0.1) is 0 Å². The molecule has 110 valence electrons. The Morgan fingerprint density at radius 3 is 2.36 bits per heavy atom. The lowest BCUT2D eigenvalue weighted by Gasteiger charge is -2.11. The molecule has 1 N–H and O–H groups in total. The zero-order valence-electron chi connectivity index (χ0n) is 11.7. The predicted octanol–water partition coefficient (Wildman–Crippen LogP) is 3.77. The van der Waals surface area contributed by atoms with Crippen LogP contribution in [0.5, 0.6) is 0 Å². The first kappa shape index (κ1) is 14.5. The Morgan fingerprint density at radius 1 is 1.09 bits per heavy atom. The van der Waals surface area contributed by atoms with Crippen molar-refractivity contribution in [1.82, 2.24) is 0 Å². The van der Waals surface area contributed by atoms with Gasteiger partial charge in [0.1, 0.15) is 5.76 Å². The number of para-hydroxylation sites is 1. The van der Waals surface area contributed by atoms with Crippen LogP contribution in [0.1, 0.15) is 18.1 Å². The summed E-state index contributed by atoms with van der Waals surface area (Å²) in [7, 11) is 0. The number of aliphatic hydroxyl groups is 1. The summed E-state index contributed by atoms with van der Waals surface area (Å²) in [6.45, 7) is 1.33. The predicted molar refractivity (Wildman–Crippen MR) is 88.2 cm³/mol. The lowest BCUT2D eigenvalue weighted by molar-refractivity contribution is -0.122. The molecule has 2 aromatic carbocycles. The summed E-state index contributed by atoms with van der Waals surface area (Å²) >= 11 is 3.33. The van der Waals surface area contributed by atoms with Gasteiger partial charge in [-0.25, -0.2) is 4.90 Å². The quantitative estimate of drug-likeness (QED) is 0.624. The monoisotopic (exact) mass is 357 g/mol. The molecule has 0 saturated carbocycles. The smallest absolute Gasteiger partial charge is 0.269 e. The van der Waals surface area contributed by atoms with Crippen LogP contribution in [-0.4, -0.2) is 16.9 Å². The Kier molecular flexibility index (Phi) is 3.58. The number of benzene rings is 2. The average molecular weight is 358 g/mol. The van der Waals surface area contributed by atoms with Crippen molar-refractivity contribution in [3.63, 3.8) is 0 Å². The standard InChI is InChI=1S/C17H12BrNO3/c1-10(20)19-14-5-3-2-4-13(14)15(17(19)22)16(21)11-6-8-12(18)9-7-11/h2-9,21H,1H3. The van der Waals surface area contributed by atoms with Gasteiger partial charge in [-0.3, -0.25) is 9.59 Å². The van der Waals surface area contributed by atoms with Crippen molar-refractivity contribution in [2.45, 2.75) is 6.92 Å². The van der Waals surface area contributed by atoms with Crippen molar-refractivity contribution in [3.8, 4) is 0 Å². The molecule has 1 aliphatic heterocycles. The largest absolute Gasteiger partial charge is 0.506 e. The van der Waals surface area contributed by atoms with Crippen LogP contribution in [-0.2, 0) is 9.59 Å². The first-order valence-corrected chi connectivity index (χ1v) is 7.43. The Bertz CT molecular complexity index is 809. The van der Waals surface area contributed by atoms with Crippen LogP contribution in [0.2, 0.25) is 0 Å². The van der Waals surface area contributed by atoms with E-state index in [1.54, 1.807) is 48.5 Å². The van der Waals surface area contributed by atoms with Crippen LogP contribution in [0, 0.1) is 0 Å². The molecule has 4 nitrogen and oxygen atoms in total. The molecular formula is C17H12BrNO3. The highest BCUT2D eigenvalue weighted by Crippen LogP contribution is 2.40. The summed E-state index contributed by atoms with van der Waals surface area (Å²) in [4.78, 5) is 25.4. The van der Waals surface area contributed by atoms with Crippen molar-refractivity contribution in [2.75, 3.05) is 4.90 Å². The van der Waals surface area contributed by atoms with Crippen molar-refractivity contribution in [2.24, 2.45) is 0 Å². The lowest BCUT2D eigenvalue weighted by Crippen LogP contribution is -2.31. The van der Waals surface area contributed by atoms with Crippen LogP contribution >= 0.6 is 15.9 Å². The minimum absolute atomic E-state index is 0.131. The minimum Gasteiger partial charge on any atom is -0.506 e. The molecule has 0 aliphatic carbocycles. The molecule has 2 amide bonds. The number of amides is 2. The maximum absolute atomic E-state index is 12.6. The summed E-state index contributed by atoms with van der Waals surface area (Å²) in [5, 5.41) is 10.5. The fourth-order valence-electron chi connectivity index (χ4n) is 2.51. The van der Waals surface area contributed by atoms with Crippen molar-refractivity contribution >= 4 is 44.8 Å². The van der Waals surface area contributed by atoms with E-state index in [2.05, 4.69) is 15.9 Å². The van der Waals surface area contributed by atoms with E-state index in [0.29, 0.717) is 16.8 Å². The highest BCUT2D eigenvalue weighted by molar-refractivity contribution is 9.10. The van der Waals surface area contributed by atoms with Crippen LogP contribution in [0.15, 0.2) is 53.0 Å². The van der Waals surface area contributed by atoms with Gasteiger partial charge in [-0.05, 0) is 18.2 Å². The summed E-state index contributed by atoms with van der Waals surface area (Å²) in [5.74, 6) is -1.01. The van der Waals surface area contributed by atoms with E-state index in [4.69, 9.17) is 0 Å². The molecule has 22 heavy (non-hydrogen) atoms. The first-order chi connectivity index (χ1) is 10.5. The number of carbonyl (C=O) groups is 2. The SMILES string of the molecule is CC(=O)N1C(=O)C(=C(O)c2ccc(Br)cc2)c2ccccc21. The van der Waals surface area contributed by atoms with Gasteiger partial charge in [-0.1, -0.05) is 46.3 Å². The molecule has 0 aromatic heterocycles. The minimum atomic E-state index is -0.505. The number of rotatable bonds is 1. The summed E-state index contributed by atoms with van der Waals surface area (Å²) in [6.07, 6.45) is 0. The number of hydrogen-bond acceptors (Lipinski definition) is 3. The Morgan fingerprint density at radius 2 is 1.73 bits per heavy atom. The highest BCUT2D eigenvalue weighted by Gasteiger charge is 2.37. The molecule has 3 rings (SSSR count). The van der Waals surface area contributed by atoms with E-state index in [1.807, 2.05) is 0 Å². The lowest BCUT2D eigenvalue weighted by atomic mass is 10.0. The Labute approximate surface area is 135 Å². The Balaban J connectivity index is 2.22. The van der Waals surface area contributed by atoms with Gasteiger partial charge < -0.3 is 5.11 Å². The maximum atomic E-state index is 12.6. The van der Waals surface area contributed by atoms with Crippen LogP contribution < -0.4 is 4.90 Å². The van der Waals surface area contributed by atoms with Crippen molar-refractivity contribution in [3.05, 3.63) is 64.1 Å². The second-order valence-electron chi connectivity index (χ2n) is 4.91. The number of imide groups is 1. The topological polar surface area (TPSA) is 57.6 Å². The molecule has 0 atom stereocenters. The normalized spacial score (nSPS) is 15.7. The Hall–Kier alpha value is -2.40. The second kappa shape index (κ2) is 5.42. The molecule has 0 radical (unpaired) electrons. The van der Waals surface area contributed by atoms with Gasteiger partial charge in [0.05, 0.1) is 11.3 Å². The van der Waals surface area contributed by atoms with Gasteiger partial charge in [0.25, 0.3) is 5.91 Å². The summed E-state index contributed by atoms with van der Waals surface area (Å²) in [6, 6.07) is 13.9. The molecule has 2 aromatic rings. The van der Waals surface area contributed by atoms with E-state index in [9.17, 15) is 14.7 Å².